The van der Waals surface area contributed by atoms with E-state index in [0.717, 1.165) is 11.3 Å². The largest absolute Gasteiger partial charge is 0.497 e. The minimum absolute atomic E-state index is 0.0111. The second-order valence-electron chi connectivity index (χ2n) is 6.99. The highest BCUT2D eigenvalue weighted by Crippen LogP contribution is 2.25. The summed E-state index contributed by atoms with van der Waals surface area (Å²) in [5, 5.41) is 14.8. The SMILES string of the molecule is COc1ccc(Oc2cc(CNC(=O)NC3CCC(C(=O)O)CC3)ccn2)cc1. The zero-order chi connectivity index (χ0) is 20.6. The van der Waals surface area contributed by atoms with Gasteiger partial charge < -0.3 is 25.2 Å². The molecular formula is C21H25N3O5. The van der Waals surface area contributed by atoms with Crippen LogP contribution >= 0.6 is 0 Å². The number of rotatable bonds is 7. The lowest BCUT2D eigenvalue weighted by atomic mass is 9.86. The topological polar surface area (TPSA) is 110 Å². The Morgan fingerprint density at radius 2 is 1.79 bits per heavy atom. The number of carboxylic acids is 1. The molecule has 2 amide bonds. The van der Waals surface area contributed by atoms with Gasteiger partial charge in [0, 0.05) is 24.8 Å². The number of hydrogen-bond acceptors (Lipinski definition) is 5. The first kappa shape index (κ1) is 20.4. The second-order valence-corrected chi connectivity index (χ2v) is 6.99. The molecule has 3 N–H and O–H groups in total. The molecule has 0 atom stereocenters. The summed E-state index contributed by atoms with van der Waals surface area (Å²) in [6.45, 7) is 0.331. The van der Waals surface area contributed by atoms with E-state index >= 15 is 0 Å². The number of aliphatic carboxylic acids is 1. The molecule has 0 radical (unpaired) electrons. The number of hydrogen-bond donors (Lipinski definition) is 3. The first-order valence-electron chi connectivity index (χ1n) is 9.57. The molecule has 1 aromatic carbocycles. The maximum Gasteiger partial charge on any atom is 0.315 e. The molecule has 0 aliphatic heterocycles. The highest BCUT2D eigenvalue weighted by atomic mass is 16.5. The van der Waals surface area contributed by atoms with Gasteiger partial charge in [-0.05, 0) is 61.6 Å². The van der Waals surface area contributed by atoms with Gasteiger partial charge in [0.25, 0.3) is 0 Å². The Hall–Kier alpha value is -3.29. The van der Waals surface area contributed by atoms with Gasteiger partial charge in [0.1, 0.15) is 11.5 Å². The Morgan fingerprint density at radius 3 is 2.45 bits per heavy atom. The van der Waals surface area contributed by atoms with Crippen molar-refractivity contribution in [2.24, 2.45) is 5.92 Å². The standard InChI is InChI=1S/C21H25N3O5/c1-28-17-6-8-18(9-7-17)29-19-12-14(10-11-22-19)13-23-21(27)24-16-4-2-15(3-5-16)20(25)26/h6-12,15-16H,2-5,13H2,1H3,(H,25,26)(H2,23,24,27). The van der Waals surface area contributed by atoms with Crippen LogP contribution in [0, 0.1) is 5.92 Å². The number of aromatic nitrogens is 1. The summed E-state index contributed by atoms with van der Waals surface area (Å²) in [5.41, 5.74) is 0.855. The van der Waals surface area contributed by atoms with Gasteiger partial charge in [-0.15, -0.1) is 0 Å². The van der Waals surface area contributed by atoms with Crippen LogP contribution in [0.5, 0.6) is 17.4 Å². The Labute approximate surface area is 169 Å². The Morgan fingerprint density at radius 1 is 1.10 bits per heavy atom. The lowest BCUT2D eigenvalue weighted by molar-refractivity contribution is -0.142. The summed E-state index contributed by atoms with van der Waals surface area (Å²) >= 11 is 0. The first-order valence-corrected chi connectivity index (χ1v) is 9.57. The highest BCUT2D eigenvalue weighted by molar-refractivity contribution is 5.74. The number of carbonyl (C=O) groups is 2. The molecule has 0 saturated heterocycles. The number of methoxy groups -OCH3 is 1. The van der Waals surface area contributed by atoms with Crippen molar-refractivity contribution in [3.63, 3.8) is 0 Å². The third-order valence-corrected chi connectivity index (χ3v) is 4.95. The number of nitrogens with one attached hydrogen (secondary N) is 2. The predicted octanol–water partition coefficient (Wildman–Crippen LogP) is 3.33. The van der Waals surface area contributed by atoms with Gasteiger partial charge in [-0.1, -0.05) is 0 Å². The molecule has 1 heterocycles. The van der Waals surface area contributed by atoms with E-state index in [2.05, 4.69) is 15.6 Å². The van der Waals surface area contributed by atoms with Crippen LogP contribution in [-0.4, -0.2) is 35.2 Å². The van der Waals surface area contributed by atoms with E-state index in [1.54, 1.807) is 49.7 Å². The zero-order valence-electron chi connectivity index (χ0n) is 16.3. The highest BCUT2D eigenvalue weighted by Gasteiger charge is 2.26. The van der Waals surface area contributed by atoms with Crippen LogP contribution in [0.2, 0.25) is 0 Å². The van der Waals surface area contributed by atoms with Crippen LogP contribution in [0.3, 0.4) is 0 Å². The minimum atomic E-state index is -0.752. The molecule has 1 saturated carbocycles. The number of nitrogens with zero attached hydrogens (tertiary/aromatic N) is 1. The van der Waals surface area contributed by atoms with Crippen LogP contribution in [-0.2, 0) is 11.3 Å². The molecule has 0 spiro atoms. The van der Waals surface area contributed by atoms with E-state index < -0.39 is 5.97 Å². The lowest BCUT2D eigenvalue weighted by Crippen LogP contribution is -2.43. The Balaban J connectivity index is 1.46. The number of urea groups is 1. The van der Waals surface area contributed by atoms with E-state index in [-0.39, 0.29) is 18.0 Å². The smallest absolute Gasteiger partial charge is 0.315 e. The molecule has 8 heteroatoms. The maximum atomic E-state index is 12.1. The Kier molecular flexibility index (Phi) is 6.89. The zero-order valence-corrected chi connectivity index (χ0v) is 16.3. The number of benzene rings is 1. The molecule has 1 aliphatic carbocycles. The molecule has 0 unspecified atom stereocenters. The van der Waals surface area contributed by atoms with E-state index in [4.69, 9.17) is 14.6 Å². The van der Waals surface area contributed by atoms with Gasteiger partial charge in [0.15, 0.2) is 0 Å². The lowest BCUT2D eigenvalue weighted by Gasteiger charge is -2.26. The fourth-order valence-corrected chi connectivity index (χ4v) is 3.28. The van der Waals surface area contributed by atoms with Crippen molar-refractivity contribution in [3.8, 4) is 17.4 Å². The van der Waals surface area contributed by atoms with Crippen molar-refractivity contribution < 1.29 is 24.2 Å². The Bertz CT molecular complexity index is 832. The molecule has 154 valence electrons. The molecule has 3 rings (SSSR count). The maximum absolute atomic E-state index is 12.1. The van der Waals surface area contributed by atoms with E-state index in [1.165, 1.54) is 0 Å². The number of carboxylic acid groups (broad SMARTS) is 1. The quantitative estimate of drug-likeness (QED) is 0.659. The van der Waals surface area contributed by atoms with Gasteiger partial charge in [0.2, 0.25) is 5.88 Å². The van der Waals surface area contributed by atoms with Crippen molar-refractivity contribution >= 4 is 12.0 Å². The first-order chi connectivity index (χ1) is 14.0. The second kappa shape index (κ2) is 9.77. The van der Waals surface area contributed by atoms with Crippen molar-refractivity contribution in [1.29, 1.82) is 0 Å². The third kappa shape index (κ3) is 6.10. The average Bonchev–Trinajstić information content (AvgIpc) is 2.73. The molecule has 2 aromatic rings. The van der Waals surface area contributed by atoms with E-state index in [1.807, 2.05) is 0 Å². The van der Waals surface area contributed by atoms with Crippen LogP contribution in [0.1, 0.15) is 31.2 Å². The third-order valence-electron chi connectivity index (χ3n) is 4.95. The molecule has 1 aliphatic rings. The van der Waals surface area contributed by atoms with Gasteiger partial charge in [-0.3, -0.25) is 4.79 Å². The number of pyridine rings is 1. The molecule has 29 heavy (non-hydrogen) atoms. The van der Waals surface area contributed by atoms with E-state index in [0.29, 0.717) is 43.9 Å². The summed E-state index contributed by atoms with van der Waals surface area (Å²) < 4.78 is 10.9. The predicted molar refractivity (Wildman–Crippen MR) is 106 cm³/mol. The number of carbonyl (C=O) groups excluding carboxylic acids is 1. The fraction of sp³-hybridized carbons (Fsp3) is 0.381. The van der Waals surface area contributed by atoms with Gasteiger partial charge in [-0.2, -0.15) is 0 Å². The van der Waals surface area contributed by atoms with Gasteiger partial charge >= 0.3 is 12.0 Å². The van der Waals surface area contributed by atoms with Crippen molar-refractivity contribution in [3.05, 3.63) is 48.2 Å². The molecular weight excluding hydrogens is 374 g/mol. The van der Waals surface area contributed by atoms with Crippen LogP contribution in [0.25, 0.3) is 0 Å². The number of ether oxygens (including phenoxy) is 2. The number of amides is 2. The summed E-state index contributed by atoms with van der Waals surface area (Å²) in [6, 6.07) is 10.5. The van der Waals surface area contributed by atoms with Gasteiger partial charge in [-0.25, -0.2) is 9.78 Å². The molecule has 0 bridgehead atoms. The van der Waals surface area contributed by atoms with Crippen LogP contribution in [0.15, 0.2) is 42.6 Å². The normalized spacial score (nSPS) is 18.5. The molecule has 1 fully saturated rings. The summed E-state index contributed by atoms with van der Waals surface area (Å²) in [6.07, 6.45) is 4.17. The van der Waals surface area contributed by atoms with E-state index in [9.17, 15) is 9.59 Å². The summed E-state index contributed by atoms with van der Waals surface area (Å²) in [5.74, 6) is 0.765. The van der Waals surface area contributed by atoms with Crippen LogP contribution in [0.4, 0.5) is 4.79 Å². The van der Waals surface area contributed by atoms with Crippen molar-refractivity contribution in [2.45, 2.75) is 38.3 Å². The monoisotopic (exact) mass is 399 g/mol. The minimum Gasteiger partial charge on any atom is -0.497 e. The summed E-state index contributed by atoms with van der Waals surface area (Å²) in [7, 11) is 1.60. The fourth-order valence-electron chi connectivity index (χ4n) is 3.28. The molecule has 1 aromatic heterocycles. The molecule has 8 nitrogen and oxygen atoms in total. The van der Waals surface area contributed by atoms with Crippen molar-refractivity contribution in [1.82, 2.24) is 15.6 Å². The van der Waals surface area contributed by atoms with Crippen LogP contribution < -0.4 is 20.1 Å². The average molecular weight is 399 g/mol. The van der Waals surface area contributed by atoms with Gasteiger partial charge in [0.05, 0.1) is 13.0 Å². The summed E-state index contributed by atoms with van der Waals surface area (Å²) in [4.78, 5) is 27.3. The van der Waals surface area contributed by atoms with Crippen molar-refractivity contribution in [2.75, 3.05) is 7.11 Å².